The van der Waals surface area contributed by atoms with Gasteiger partial charge in [0.25, 0.3) is 5.91 Å². The maximum Gasteiger partial charge on any atom is 0.332 e. The highest BCUT2D eigenvalue weighted by atomic mass is 16.5. The number of nitrogens with one attached hydrogen (secondary N) is 1. The van der Waals surface area contributed by atoms with Gasteiger partial charge in [-0.15, -0.1) is 0 Å². The molecule has 0 aliphatic carbocycles. The van der Waals surface area contributed by atoms with Crippen molar-refractivity contribution in [2.24, 2.45) is 11.7 Å². The fourth-order valence-corrected chi connectivity index (χ4v) is 2.88. The number of likely N-dealkylation sites (tertiary alicyclic amines) is 1. The number of aliphatic carboxylic acids is 1. The summed E-state index contributed by atoms with van der Waals surface area (Å²) in [5, 5.41) is 11.4. The molecule has 2 aliphatic heterocycles. The van der Waals surface area contributed by atoms with Crippen LogP contribution in [0.5, 0.6) is 0 Å². The molecule has 3 amide bonds. The van der Waals surface area contributed by atoms with Gasteiger partial charge >= 0.3 is 12.0 Å². The zero-order chi connectivity index (χ0) is 15.4. The van der Waals surface area contributed by atoms with E-state index in [9.17, 15) is 14.4 Å². The van der Waals surface area contributed by atoms with E-state index in [0.717, 1.165) is 12.8 Å². The highest BCUT2D eigenvalue weighted by Gasteiger charge is 2.37. The Morgan fingerprint density at radius 2 is 1.95 bits per heavy atom. The van der Waals surface area contributed by atoms with Crippen LogP contribution in [-0.2, 0) is 14.3 Å². The van der Waals surface area contributed by atoms with Crippen molar-refractivity contribution in [3.63, 3.8) is 0 Å². The number of primary amides is 1. The van der Waals surface area contributed by atoms with Crippen molar-refractivity contribution in [1.82, 2.24) is 10.2 Å². The molecule has 8 nitrogen and oxygen atoms in total. The molecule has 4 N–H and O–H groups in total. The molecule has 21 heavy (non-hydrogen) atoms. The van der Waals surface area contributed by atoms with E-state index in [2.05, 4.69) is 5.32 Å². The van der Waals surface area contributed by atoms with Crippen LogP contribution in [0, 0.1) is 5.92 Å². The fourth-order valence-electron chi connectivity index (χ4n) is 2.88. The van der Waals surface area contributed by atoms with Gasteiger partial charge in [-0.1, -0.05) is 0 Å². The van der Waals surface area contributed by atoms with Gasteiger partial charge in [-0.05, 0) is 31.6 Å². The average molecular weight is 299 g/mol. The molecule has 3 atom stereocenters. The maximum absolute atomic E-state index is 12.3. The molecule has 0 aromatic carbocycles. The van der Waals surface area contributed by atoms with Gasteiger partial charge in [0.05, 0.1) is 0 Å². The second kappa shape index (κ2) is 6.75. The summed E-state index contributed by atoms with van der Waals surface area (Å²) in [6.07, 6.45) is 1.05. The number of ether oxygens (including phenoxy) is 1. The van der Waals surface area contributed by atoms with Crippen LogP contribution in [0.15, 0.2) is 0 Å². The molecule has 0 saturated carbocycles. The van der Waals surface area contributed by atoms with Crippen molar-refractivity contribution < 1.29 is 24.2 Å². The highest BCUT2D eigenvalue weighted by Crippen LogP contribution is 2.24. The van der Waals surface area contributed by atoms with Crippen molar-refractivity contribution >= 4 is 17.9 Å². The first-order chi connectivity index (χ1) is 9.97. The Balaban J connectivity index is 1.85. The van der Waals surface area contributed by atoms with Crippen LogP contribution < -0.4 is 11.1 Å². The van der Waals surface area contributed by atoms with Gasteiger partial charge in [-0.2, -0.15) is 0 Å². The topological polar surface area (TPSA) is 122 Å². The van der Waals surface area contributed by atoms with E-state index < -0.39 is 24.2 Å². The molecule has 8 heteroatoms. The third-order valence-corrected chi connectivity index (χ3v) is 3.97. The van der Waals surface area contributed by atoms with E-state index in [4.69, 9.17) is 15.6 Å². The van der Waals surface area contributed by atoms with Crippen molar-refractivity contribution in [1.29, 1.82) is 0 Å². The molecular formula is C13H21N3O5. The summed E-state index contributed by atoms with van der Waals surface area (Å²) in [5.41, 5.74) is 5.04. The lowest BCUT2D eigenvalue weighted by Crippen LogP contribution is -2.47. The third-order valence-electron chi connectivity index (χ3n) is 3.97. The van der Waals surface area contributed by atoms with Crippen molar-refractivity contribution in [3.05, 3.63) is 0 Å². The molecule has 0 bridgehead atoms. The lowest BCUT2D eigenvalue weighted by molar-refractivity contribution is -0.155. The fraction of sp³-hybridized carbons (Fsp3) is 0.769. The van der Waals surface area contributed by atoms with Gasteiger partial charge in [0.15, 0.2) is 6.10 Å². The second-order valence-electron chi connectivity index (χ2n) is 5.57. The molecule has 118 valence electrons. The zero-order valence-electron chi connectivity index (χ0n) is 11.8. The summed E-state index contributed by atoms with van der Waals surface area (Å²) >= 11 is 0. The number of nitrogens with zero attached hydrogens (tertiary/aromatic N) is 1. The lowest BCUT2D eigenvalue weighted by atomic mass is 9.97. The number of hydrogen-bond donors (Lipinski definition) is 3. The number of amides is 3. The predicted molar refractivity (Wildman–Crippen MR) is 72.4 cm³/mol. The normalized spacial score (nSPS) is 29.1. The van der Waals surface area contributed by atoms with E-state index >= 15 is 0 Å². The SMILES string of the molecule is NC(=O)NCC1CCCN(C(=O)[C@@H]2CC[C@H](C(=O)O)O2)C1. The molecule has 0 aromatic heterocycles. The van der Waals surface area contributed by atoms with Gasteiger partial charge in [0.2, 0.25) is 0 Å². The average Bonchev–Trinajstić information content (AvgIpc) is 2.94. The van der Waals surface area contributed by atoms with Crippen LogP contribution in [0.25, 0.3) is 0 Å². The van der Waals surface area contributed by atoms with Gasteiger partial charge in [0, 0.05) is 19.6 Å². The van der Waals surface area contributed by atoms with E-state index in [0.29, 0.717) is 32.5 Å². The standard InChI is InChI=1S/C13H21N3O5/c14-13(20)15-6-8-2-1-5-16(7-8)11(17)9-3-4-10(21-9)12(18)19/h8-10H,1-7H2,(H,18,19)(H3,14,15,20)/t8?,9-,10+/m0/s1. The largest absolute Gasteiger partial charge is 0.479 e. The summed E-state index contributed by atoms with van der Waals surface area (Å²) < 4.78 is 5.29. The Labute approximate surface area is 122 Å². The van der Waals surface area contributed by atoms with Crippen LogP contribution in [0.2, 0.25) is 0 Å². The van der Waals surface area contributed by atoms with Gasteiger partial charge < -0.3 is 25.8 Å². The summed E-state index contributed by atoms with van der Waals surface area (Å²) in [5.74, 6) is -0.998. The number of urea groups is 1. The maximum atomic E-state index is 12.3. The van der Waals surface area contributed by atoms with Crippen molar-refractivity contribution in [3.8, 4) is 0 Å². The Kier molecular flexibility index (Phi) is 5.00. The van der Waals surface area contributed by atoms with Crippen LogP contribution in [0.4, 0.5) is 4.79 Å². The Bertz CT molecular complexity index is 428. The quantitative estimate of drug-likeness (QED) is 0.647. The van der Waals surface area contributed by atoms with Crippen molar-refractivity contribution in [2.75, 3.05) is 19.6 Å². The number of rotatable bonds is 4. The van der Waals surface area contributed by atoms with Crippen LogP contribution in [0.1, 0.15) is 25.7 Å². The summed E-state index contributed by atoms with van der Waals surface area (Å²) in [4.78, 5) is 35.6. The van der Waals surface area contributed by atoms with Crippen LogP contribution in [0.3, 0.4) is 0 Å². The number of carboxylic acid groups (broad SMARTS) is 1. The van der Waals surface area contributed by atoms with E-state index in [-0.39, 0.29) is 11.8 Å². The van der Waals surface area contributed by atoms with Crippen molar-refractivity contribution in [2.45, 2.75) is 37.9 Å². The predicted octanol–water partition coefficient (Wildman–Crippen LogP) is -0.474. The minimum atomic E-state index is -1.02. The lowest BCUT2D eigenvalue weighted by Gasteiger charge is -2.34. The van der Waals surface area contributed by atoms with Gasteiger partial charge in [-0.3, -0.25) is 4.79 Å². The number of carboxylic acids is 1. The summed E-state index contributed by atoms with van der Waals surface area (Å²) in [7, 11) is 0. The number of nitrogens with two attached hydrogens (primary N) is 1. The van der Waals surface area contributed by atoms with E-state index in [1.54, 1.807) is 4.90 Å². The molecule has 2 rings (SSSR count). The minimum absolute atomic E-state index is 0.150. The first-order valence-corrected chi connectivity index (χ1v) is 7.17. The van der Waals surface area contributed by atoms with Crippen LogP contribution in [-0.4, -0.2) is 59.8 Å². The first-order valence-electron chi connectivity index (χ1n) is 7.17. The van der Waals surface area contributed by atoms with E-state index in [1.165, 1.54) is 0 Å². The monoisotopic (exact) mass is 299 g/mol. The molecule has 2 fully saturated rings. The molecule has 0 radical (unpaired) electrons. The number of hydrogen-bond acceptors (Lipinski definition) is 4. The molecule has 0 spiro atoms. The Hall–Kier alpha value is -1.83. The second-order valence-corrected chi connectivity index (χ2v) is 5.57. The number of carbonyl (C=O) groups is 3. The number of piperidine rings is 1. The third kappa shape index (κ3) is 4.07. The smallest absolute Gasteiger partial charge is 0.332 e. The minimum Gasteiger partial charge on any atom is -0.479 e. The first kappa shape index (κ1) is 15.6. The Morgan fingerprint density at radius 3 is 2.57 bits per heavy atom. The molecular weight excluding hydrogens is 278 g/mol. The highest BCUT2D eigenvalue weighted by molar-refractivity contribution is 5.82. The van der Waals surface area contributed by atoms with Gasteiger partial charge in [-0.25, -0.2) is 9.59 Å². The van der Waals surface area contributed by atoms with Gasteiger partial charge in [0.1, 0.15) is 6.10 Å². The Morgan fingerprint density at radius 1 is 1.24 bits per heavy atom. The number of carbonyl (C=O) groups excluding carboxylic acids is 2. The molecule has 2 heterocycles. The van der Waals surface area contributed by atoms with E-state index in [1.807, 2.05) is 0 Å². The molecule has 2 aliphatic rings. The summed E-state index contributed by atoms with van der Waals surface area (Å²) in [6.45, 7) is 1.63. The zero-order valence-corrected chi connectivity index (χ0v) is 11.8. The summed E-state index contributed by atoms with van der Waals surface area (Å²) in [6, 6.07) is -0.568. The molecule has 1 unspecified atom stereocenters. The molecule has 2 saturated heterocycles. The molecule has 0 aromatic rings. The van der Waals surface area contributed by atoms with Crippen LogP contribution >= 0.6 is 0 Å².